The summed E-state index contributed by atoms with van der Waals surface area (Å²) in [4.78, 5) is 0. The highest BCUT2D eigenvalue weighted by atomic mass is 16.6. The van der Waals surface area contributed by atoms with E-state index in [1.165, 1.54) is 5.56 Å². The van der Waals surface area contributed by atoms with Crippen molar-refractivity contribution in [2.45, 2.75) is 20.3 Å². The molecule has 0 bridgehead atoms. The Kier molecular flexibility index (Phi) is 6.15. The summed E-state index contributed by atoms with van der Waals surface area (Å²) in [5.41, 5.74) is 1.23. The smallest absolute Gasteiger partial charge is 0.161 e. The molecular weight excluding hydrogens is 254 g/mol. The van der Waals surface area contributed by atoms with Crippen LogP contribution in [0.4, 0.5) is 0 Å². The van der Waals surface area contributed by atoms with Gasteiger partial charge in [0.1, 0.15) is 13.2 Å². The van der Waals surface area contributed by atoms with Crippen molar-refractivity contribution >= 4 is 0 Å². The summed E-state index contributed by atoms with van der Waals surface area (Å²) in [6, 6.07) is 6.11. The van der Waals surface area contributed by atoms with Gasteiger partial charge in [-0.2, -0.15) is 0 Å². The molecule has 1 N–H and O–H groups in total. The molecule has 0 saturated carbocycles. The van der Waals surface area contributed by atoms with E-state index < -0.39 is 0 Å². The van der Waals surface area contributed by atoms with E-state index in [0.29, 0.717) is 19.1 Å². The minimum absolute atomic E-state index is 0.633. The zero-order chi connectivity index (χ0) is 14.2. The number of ether oxygens (including phenoxy) is 3. The summed E-state index contributed by atoms with van der Waals surface area (Å²) in [5, 5.41) is 3.36. The summed E-state index contributed by atoms with van der Waals surface area (Å²) in [6.45, 7) is 9.14. The molecule has 0 unspecified atom stereocenters. The van der Waals surface area contributed by atoms with Gasteiger partial charge >= 0.3 is 0 Å². The van der Waals surface area contributed by atoms with Crippen molar-refractivity contribution in [2.75, 3.05) is 39.5 Å². The predicted octanol–water partition coefficient (Wildman–Crippen LogP) is 2.26. The Balaban J connectivity index is 1.62. The molecule has 1 aliphatic rings. The van der Waals surface area contributed by atoms with Gasteiger partial charge in [-0.25, -0.2) is 0 Å². The van der Waals surface area contributed by atoms with Crippen LogP contribution in [0.3, 0.4) is 0 Å². The molecule has 0 saturated heterocycles. The molecule has 1 aromatic rings. The highest BCUT2D eigenvalue weighted by molar-refractivity contribution is 5.43. The van der Waals surface area contributed by atoms with Crippen molar-refractivity contribution in [3.8, 4) is 11.5 Å². The summed E-state index contributed by atoms with van der Waals surface area (Å²) < 4.78 is 16.7. The second kappa shape index (κ2) is 8.12. The Labute approximate surface area is 121 Å². The molecule has 4 nitrogen and oxygen atoms in total. The molecule has 1 aliphatic heterocycles. The minimum atomic E-state index is 0.633. The van der Waals surface area contributed by atoms with Gasteiger partial charge in [-0.15, -0.1) is 0 Å². The number of benzene rings is 1. The highest BCUT2D eigenvalue weighted by Crippen LogP contribution is 2.30. The molecule has 0 amide bonds. The topological polar surface area (TPSA) is 39.7 Å². The summed E-state index contributed by atoms with van der Waals surface area (Å²) in [5.74, 6) is 2.39. The lowest BCUT2D eigenvalue weighted by molar-refractivity contribution is 0.138. The first-order valence-electron chi connectivity index (χ1n) is 7.42. The fourth-order valence-electron chi connectivity index (χ4n) is 2.07. The SMILES string of the molecule is CC(C)CNCCOCCc1ccc2c(c1)OCCO2. The van der Waals surface area contributed by atoms with Gasteiger partial charge in [0.25, 0.3) is 0 Å². The van der Waals surface area contributed by atoms with Crippen LogP contribution in [-0.2, 0) is 11.2 Å². The molecule has 1 aromatic carbocycles. The van der Waals surface area contributed by atoms with Crippen LogP contribution in [0.1, 0.15) is 19.4 Å². The number of fused-ring (bicyclic) bond motifs is 1. The average molecular weight is 279 g/mol. The Morgan fingerprint density at radius 3 is 2.75 bits per heavy atom. The fraction of sp³-hybridized carbons (Fsp3) is 0.625. The van der Waals surface area contributed by atoms with E-state index in [1.54, 1.807) is 0 Å². The summed E-state index contributed by atoms with van der Waals surface area (Å²) in [7, 11) is 0. The zero-order valence-electron chi connectivity index (χ0n) is 12.5. The van der Waals surface area contributed by atoms with E-state index in [-0.39, 0.29) is 0 Å². The van der Waals surface area contributed by atoms with Crippen molar-refractivity contribution < 1.29 is 14.2 Å². The Morgan fingerprint density at radius 1 is 1.15 bits per heavy atom. The second-order valence-corrected chi connectivity index (χ2v) is 5.44. The first kappa shape index (κ1) is 15.1. The third kappa shape index (κ3) is 5.02. The Bertz CT molecular complexity index is 407. The molecule has 2 rings (SSSR count). The van der Waals surface area contributed by atoms with E-state index in [4.69, 9.17) is 14.2 Å². The number of nitrogens with one attached hydrogen (secondary N) is 1. The monoisotopic (exact) mass is 279 g/mol. The maximum Gasteiger partial charge on any atom is 0.161 e. The molecule has 20 heavy (non-hydrogen) atoms. The van der Waals surface area contributed by atoms with Crippen LogP contribution in [0.2, 0.25) is 0 Å². The second-order valence-electron chi connectivity index (χ2n) is 5.44. The molecule has 0 fully saturated rings. The van der Waals surface area contributed by atoms with E-state index in [0.717, 1.165) is 44.2 Å². The van der Waals surface area contributed by atoms with Crippen molar-refractivity contribution in [3.05, 3.63) is 23.8 Å². The maximum absolute atomic E-state index is 5.63. The van der Waals surface area contributed by atoms with Gasteiger partial charge in [0.05, 0.1) is 13.2 Å². The van der Waals surface area contributed by atoms with Gasteiger partial charge in [0, 0.05) is 6.54 Å². The van der Waals surface area contributed by atoms with Crippen LogP contribution >= 0.6 is 0 Å². The van der Waals surface area contributed by atoms with Crippen LogP contribution in [0.25, 0.3) is 0 Å². The third-order valence-electron chi connectivity index (χ3n) is 3.12. The zero-order valence-corrected chi connectivity index (χ0v) is 12.5. The van der Waals surface area contributed by atoms with E-state index in [2.05, 4.69) is 31.3 Å². The molecule has 0 radical (unpaired) electrons. The summed E-state index contributed by atoms with van der Waals surface area (Å²) >= 11 is 0. The van der Waals surface area contributed by atoms with Crippen LogP contribution < -0.4 is 14.8 Å². The third-order valence-corrected chi connectivity index (χ3v) is 3.12. The maximum atomic E-state index is 5.63. The van der Waals surface area contributed by atoms with Crippen LogP contribution in [0, 0.1) is 5.92 Å². The van der Waals surface area contributed by atoms with Crippen LogP contribution in [0.5, 0.6) is 11.5 Å². The fourth-order valence-corrected chi connectivity index (χ4v) is 2.07. The van der Waals surface area contributed by atoms with Gasteiger partial charge < -0.3 is 19.5 Å². The average Bonchev–Trinajstić information content (AvgIpc) is 2.46. The molecule has 1 heterocycles. The first-order chi connectivity index (χ1) is 9.75. The van der Waals surface area contributed by atoms with Crippen molar-refractivity contribution in [1.29, 1.82) is 0 Å². The van der Waals surface area contributed by atoms with E-state index in [1.807, 2.05) is 6.07 Å². The lowest BCUT2D eigenvalue weighted by atomic mass is 10.1. The first-order valence-corrected chi connectivity index (χ1v) is 7.42. The number of hydrogen-bond acceptors (Lipinski definition) is 4. The van der Waals surface area contributed by atoms with Crippen molar-refractivity contribution in [2.24, 2.45) is 5.92 Å². The standard InChI is InChI=1S/C16H25NO3/c1-13(2)12-17-6-8-18-7-5-14-3-4-15-16(11-14)20-10-9-19-15/h3-4,11,13,17H,5-10,12H2,1-2H3. The molecule has 112 valence electrons. The molecule has 0 atom stereocenters. The number of rotatable bonds is 8. The Morgan fingerprint density at radius 2 is 1.95 bits per heavy atom. The van der Waals surface area contributed by atoms with Gasteiger partial charge in [0.2, 0.25) is 0 Å². The van der Waals surface area contributed by atoms with Crippen molar-refractivity contribution in [3.63, 3.8) is 0 Å². The highest BCUT2D eigenvalue weighted by Gasteiger charge is 2.11. The molecule has 0 aromatic heterocycles. The van der Waals surface area contributed by atoms with Crippen molar-refractivity contribution in [1.82, 2.24) is 5.32 Å². The summed E-state index contributed by atoms with van der Waals surface area (Å²) in [6.07, 6.45) is 0.904. The van der Waals surface area contributed by atoms with Gasteiger partial charge in [-0.3, -0.25) is 0 Å². The van der Waals surface area contributed by atoms with Gasteiger partial charge in [0.15, 0.2) is 11.5 Å². The quantitative estimate of drug-likeness (QED) is 0.741. The normalized spacial score (nSPS) is 13.8. The largest absolute Gasteiger partial charge is 0.486 e. The minimum Gasteiger partial charge on any atom is -0.486 e. The van der Waals surface area contributed by atoms with Crippen LogP contribution in [-0.4, -0.2) is 39.5 Å². The van der Waals surface area contributed by atoms with Crippen LogP contribution in [0.15, 0.2) is 18.2 Å². The molecule has 4 heteroatoms. The van der Waals surface area contributed by atoms with E-state index >= 15 is 0 Å². The lowest BCUT2D eigenvalue weighted by Crippen LogP contribution is -2.24. The van der Waals surface area contributed by atoms with Gasteiger partial charge in [-0.05, 0) is 36.6 Å². The predicted molar refractivity (Wildman–Crippen MR) is 79.7 cm³/mol. The molecule has 0 aliphatic carbocycles. The number of hydrogen-bond donors (Lipinski definition) is 1. The Hall–Kier alpha value is -1.26. The van der Waals surface area contributed by atoms with Gasteiger partial charge in [-0.1, -0.05) is 19.9 Å². The molecule has 0 spiro atoms. The van der Waals surface area contributed by atoms with E-state index in [9.17, 15) is 0 Å². The lowest BCUT2D eigenvalue weighted by Gasteiger charge is -2.18. The molecular formula is C16H25NO3.